The number of rotatable bonds is 12. The molecule has 0 amide bonds. The molecule has 4 N–H and O–H groups in total. The maximum Gasteiger partial charge on any atom is 0.228 e. The molecule has 0 bridgehead atoms. The van der Waals surface area contributed by atoms with Crippen LogP contribution >= 0.6 is 23.2 Å². The van der Waals surface area contributed by atoms with Crippen LogP contribution in [0.15, 0.2) is 71.1 Å². The van der Waals surface area contributed by atoms with Gasteiger partial charge in [0.1, 0.15) is 5.52 Å². The number of oxazole rings is 1. The monoisotopic (exact) mass is 592 g/mol. The van der Waals surface area contributed by atoms with Crippen molar-refractivity contribution in [3.05, 3.63) is 87.9 Å². The minimum Gasteiger partial charge on any atom is -0.481 e. The zero-order valence-electron chi connectivity index (χ0n) is 22.5. The fourth-order valence-electron chi connectivity index (χ4n) is 4.59. The molecule has 5 rings (SSSR count). The summed E-state index contributed by atoms with van der Waals surface area (Å²) < 4.78 is 11.6. The molecule has 0 spiro atoms. The Bertz CT molecular complexity index is 1660. The van der Waals surface area contributed by atoms with Gasteiger partial charge in [0.05, 0.1) is 41.6 Å². The average molecular weight is 594 g/mol. The van der Waals surface area contributed by atoms with Crippen LogP contribution in [0.1, 0.15) is 11.1 Å². The van der Waals surface area contributed by atoms with E-state index in [0.29, 0.717) is 64.8 Å². The standard InChI is InChI=1S/C31H30Cl2N4O4/c1-40-30-20(18-35-13-15-39)9-10-25(36-30)23-6-2-4-21(28(23)32)22-5-3-7-24(29(22)33)31-37-26-16-19(17-34-12-14-38)8-11-27(26)41-31/h2-11,16,34-35,38-39H,12-15,17-18H2,1H3. The molecule has 0 aliphatic carbocycles. The Kier molecular flexibility index (Phi) is 9.51. The van der Waals surface area contributed by atoms with Gasteiger partial charge in [0.2, 0.25) is 11.8 Å². The maximum absolute atomic E-state index is 9.04. The minimum absolute atomic E-state index is 0.0527. The first-order valence-corrected chi connectivity index (χ1v) is 13.9. The molecule has 0 atom stereocenters. The summed E-state index contributed by atoms with van der Waals surface area (Å²) in [6, 6.07) is 21.0. The van der Waals surface area contributed by atoms with Crippen molar-refractivity contribution in [3.8, 4) is 39.7 Å². The van der Waals surface area contributed by atoms with E-state index in [-0.39, 0.29) is 13.2 Å². The zero-order chi connectivity index (χ0) is 28.8. The van der Waals surface area contributed by atoms with Crippen molar-refractivity contribution >= 4 is 34.3 Å². The molecule has 2 aromatic heterocycles. The van der Waals surface area contributed by atoms with Gasteiger partial charge in [0.15, 0.2) is 5.58 Å². The third kappa shape index (κ3) is 6.38. The number of hydrogen-bond donors (Lipinski definition) is 4. The molecule has 10 heteroatoms. The van der Waals surface area contributed by atoms with Crippen LogP contribution in [0.5, 0.6) is 5.88 Å². The number of benzene rings is 3. The molecule has 0 fully saturated rings. The molecule has 0 saturated heterocycles. The smallest absolute Gasteiger partial charge is 0.228 e. The third-order valence-corrected chi connectivity index (χ3v) is 7.41. The van der Waals surface area contributed by atoms with E-state index in [4.69, 9.17) is 52.5 Å². The highest BCUT2D eigenvalue weighted by molar-refractivity contribution is 6.39. The maximum atomic E-state index is 9.04. The molecular weight excluding hydrogens is 563 g/mol. The number of aromatic nitrogens is 2. The molecule has 41 heavy (non-hydrogen) atoms. The second-order valence-electron chi connectivity index (χ2n) is 9.32. The predicted octanol–water partition coefficient (Wildman–Crippen LogP) is 5.70. The van der Waals surface area contributed by atoms with Crippen molar-refractivity contribution in [1.82, 2.24) is 20.6 Å². The summed E-state index contributed by atoms with van der Waals surface area (Å²) in [5.41, 5.74) is 6.83. The highest BCUT2D eigenvalue weighted by Crippen LogP contribution is 2.42. The predicted molar refractivity (Wildman–Crippen MR) is 162 cm³/mol. The average Bonchev–Trinajstić information content (AvgIpc) is 3.41. The van der Waals surface area contributed by atoms with Crippen LogP contribution in [0.4, 0.5) is 0 Å². The summed E-state index contributed by atoms with van der Waals surface area (Å²) in [7, 11) is 1.58. The van der Waals surface area contributed by atoms with E-state index in [1.807, 2.05) is 66.7 Å². The van der Waals surface area contributed by atoms with Crippen molar-refractivity contribution < 1.29 is 19.4 Å². The van der Waals surface area contributed by atoms with Crippen LogP contribution in [0.2, 0.25) is 10.0 Å². The van der Waals surface area contributed by atoms with Crippen molar-refractivity contribution in [2.24, 2.45) is 0 Å². The fourth-order valence-corrected chi connectivity index (χ4v) is 5.22. The first-order valence-electron chi connectivity index (χ1n) is 13.2. The van der Waals surface area contributed by atoms with E-state index in [2.05, 4.69) is 10.6 Å². The highest BCUT2D eigenvalue weighted by atomic mass is 35.5. The van der Waals surface area contributed by atoms with Gasteiger partial charge in [-0.05, 0) is 29.8 Å². The topological polar surface area (TPSA) is 113 Å². The third-order valence-electron chi connectivity index (χ3n) is 6.60. The number of halogens is 2. The number of fused-ring (bicyclic) bond motifs is 1. The Morgan fingerprint density at radius 2 is 1.44 bits per heavy atom. The quantitative estimate of drug-likeness (QED) is 0.136. The number of nitrogens with zero attached hydrogens (tertiary/aromatic N) is 2. The molecule has 0 aliphatic heterocycles. The summed E-state index contributed by atoms with van der Waals surface area (Å²) in [6.45, 7) is 2.27. The summed E-state index contributed by atoms with van der Waals surface area (Å²) in [5, 5.41) is 25.3. The Labute approximate surface area is 247 Å². The molecule has 5 aromatic rings. The molecule has 3 aromatic carbocycles. The lowest BCUT2D eigenvalue weighted by atomic mass is 9.99. The highest BCUT2D eigenvalue weighted by Gasteiger charge is 2.19. The normalized spacial score (nSPS) is 11.3. The lowest BCUT2D eigenvalue weighted by Crippen LogP contribution is -2.18. The van der Waals surface area contributed by atoms with Crippen LogP contribution in [-0.2, 0) is 13.1 Å². The second kappa shape index (κ2) is 13.4. The van der Waals surface area contributed by atoms with Gasteiger partial charge in [-0.1, -0.05) is 65.7 Å². The first kappa shape index (κ1) is 29.0. The number of hydrogen-bond acceptors (Lipinski definition) is 8. The van der Waals surface area contributed by atoms with E-state index in [1.54, 1.807) is 7.11 Å². The van der Waals surface area contributed by atoms with Crippen molar-refractivity contribution in [3.63, 3.8) is 0 Å². The largest absolute Gasteiger partial charge is 0.481 e. The van der Waals surface area contributed by atoms with E-state index in [1.165, 1.54) is 0 Å². The van der Waals surface area contributed by atoms with Crippen molar-refractivity contribution in [2.45, 2.75) is 13.1 Å². The molecule has 2 heterocycles. The molecule has 0 saturated carbocycles. The van der Waals surface area contributed by atoms with E-state index in [9.17, 15) is 0 Å². The Hall–Kier alpha value is -3.50. The van der Waals surface area contributed by atoms with Gasteiger partial charge in [-0.15, -0.1) is 0 Å². The van der Waals surface area contributed by atoms with Gasteiger partial charge in [0, 0.05) is 48.4 Å². The molecule has 8 nitrogen and oxygen atoms in total. The summed E-state index contributed by atoms with van der Waals surface area (Å²) in [4.78, 5) is 9.40. The van der Waals surface area contributed by atoms with Crippen LogP contribution in [0.3, 0.4) is 0 Å². The number of aliphatic hydroxyl groups is 2. The zero-order valence-corrected chi connectivity index (χ0v) is 24.0. The van der Waals surface area contributed by atoms with E-state index >= 15 is 0 Å². The second-order valence-corrected chi connectivity index (χ2v) is 10.1. The first-order chi connectivity index (χ1) is 20.0. The van der Waals surface area contributed by atoms with Gasteiger partial charge in [-0.3, -0.25) is 0 Å². The van der Waals surface area contributed by atoms with Gasteiger partial charge >= 0.3 is 0 Å². The molecule has 0 unspecified atom stereocenters. The lowest BCUT2D eigenvalue weighted by molar-refractivity contribution is 0.291. The molecule has 0 aliphatic rings. The van der Waals surface area contributed by atoms with Gasteiger partial charge in [-0.25, -0.2) is 9.97 Å². The Morgan fingerprint density at radius 1 is 0.780 bits per heavy atom. The van der Waals surface area contributed by atoms with Crippen molar-refractivity contribution in [1.29, 1.82) is 0 Å². The van der Waals surface area contributed by atoms with Crippen molar-refractivity contribution in [2.75, 3.05) is 33.4 Å². The van der Waals surface area contributed by atoms with Crippen LogP contribution in [0.25, 0.3) is 44.9 Å². The Balaban J connectivity index is 1.48. The van der Waals surface area contributed by atoms with Gasteiger partial charge in [0.25, 0.3) is 0 Å². The Morgan fingerprint density at radius 3 is 2.15 bits per heavy atom. The molecule has 212 valence electrons. The minimum atomic E-state index is 0.0527. The molecule has 0 radical (unpaired) electrons. The number of aliphatic hydroxyl groups excluding tert-OH is 2. The number of methoxy groups -OCH3 is 1. The SMILES string of the molecule is COc1nc(-c2cccc(-c3cccc(-c4nc5cc(CNCCO)ccc5o4)c3Cl)c2Cl)ccc1CNCCO. The van der Waals surface area contributed by atoms with Crippen LogP contribution in [-0.4, -0.2) is 53.6 Å². The number of pyridine rings is 1. The number of ether oxygens (including phenoxy) is 1. The van der Waals surface area contributed by atoms with Gasteiger partial charge in [-0.2, -0.15) is 0 Å². The number of nitrogens with one attached hydrogen (secondary N) is 2. The lowest BCUT2D eigenvalue weighted by Gasteiger charge is -2.14. The summed E-state index contributed by atoms with van der Waals surface area (Å²) in [5.74, 6) is 0.897. The van der Waals surface area contributed by atoms with Crippen LogP contribution in [0, 0.1) is 0 Å². The van der Waals surface area contributed by atoms with Gasteiger partial charge < -0.3 is 30.0 Å². The summed E-state index contributed by atoms with van der Waals surface area (Å²) >= 11 is 13.9. The molecular formula is C31H30Cl2N4O4. The van der Waals surface area contributed by atoms with Crippen LogP contribution < -0.4 is 15.4 Å². The van der Waals surface area contributed by atoms with E-state index < -0.39 is 0 Å². The fraction of sp³-hybridized carbons (Fsp3) is 0.226. The van der Waals surface area contributed by atoms with E-state index in [0.717, 1.165) is 33.3 Å². The summed E-state index contributed by atoms with van der Waals surface area (Å²) in [6.07, 6.45) is 0.